The van der Waals surface area contributed by atoms with Gasteiger partial charge in [-0.05, 0) is 25.8 Å². The Morgan fingerprint density at radius 3 is 2.37 bits per heavy atom. The number of nitro benzene ring substituents is 2. The Labute approximate surface area is 110 Å². The van der Waals surface area contributed by atoms with Crippen molar-refractivity contribution >= 4 is 11.4 Å². The van der Waals surface area contributed by atoms with Crippen LogP contribution in [0.2, 0.25) is 0 Å². The Morgan fingerprint density at radius 2 is 1.89 bits per heavy atom. The molecule has 0 saturated carbocycles. The quantitative estimate of drug-likeness (QED) is 0.628. The van der Waals surface area contributed by atoms with E-state index in [-0.39, 0.29) is 11.4 Å². The maximum absolute atomic E-state index is 11.0. The molecule has 0 aliphatic carbocycles. The van der Waals surface area contributed by atoms with Crippen molar-refractivity contribution in [1.82, 2.24) is 0 Å². The highest BCUT2D eigenvalue weighted by molar-refractivity contribution is 5.49. The Kier molecular flexibility index (Phi) is 4.55. The third kappa shape index (κ3) is 3.99. The van der Waals surface area contributed by atoms with Crippen molar-refractivity contribution in [2.45, 2.75) is 38.6 Å². The van der Waals surface area contributed by atoms with Gasteiger partial charge in [-0.25, -0.2) is 0 Å². The fourth-order valence-electron chi connectivity index (χ4n) is 2.08. The minimum absolute atomic E-state index is 0.248. The van der Waals surface area contributed by atoms with Crippen molar-refractivity contribution < 1.29 is 9.85 Å². The van der Waals surface area contributed by atoms with E-state index in [1.807, 2.05) is 13.8 Å². The monoisotopic (exact) mass is 267 g/mol. The molecule has 0 aromatic heterocycles. The molecule has 0 saturated heterocycles. The summed E-state index contributed by atoms with van der Waals surface area (Å²) in [7, 11) is 0. The zero-order valence-corrected chi connectivity index (χ0v) is 11.0. The highest BCUT2D eigenvalue weighted by atomic mass is 16.6. The summed E-state index contributed by atoms with van der Waals surface area (Å²) in [6.07, 6.45) is 1.91. The lowest BCUT2D eigenvalue weighted by molar-refractivity contribution is -0.394. The van der Waals surface area contributed by atoms with Crippen LogP contribution >= 0.6 is 0 Å². The maximum Gasteiger partial charge on any atom is 0.279 e. The lowest BCUT2D eigenvalue weighted by Crippen LogP contribution is -2.38. The van der Waals surface area contributed by atoms with E-state index in [9.17, 15) is 20.2 Å². The number of hydrogen-bond donors (Lipinski definition) is 1. The molecule has 1 aromatic carbocycles. The van der Waals surface area contributed by atoms with Gasteiger partial charge in [-0.15, -0.1) is 0 Å². The number of benzene rings is 1. The Balaban J connectivity index is 3.14. The second-order valence-electron chi connectivity index (χ2n) is 4.91. The summed E-state index contributed by atoms with van der Waals surface area (Å²) in [6, 6.07) is 3.67. The topological polar surface area (TPSA) is 112 Å². The summed E-state index contributed by atoms with van der Waals surface area (Å²) in [6.45, 7) is 3.80. The van der Waals surface area contributed by atoms with Gasteiger partial charge in [0.2, 0.25) is 0 Å². The number of non-ortho nitro benzene ring substituents is 1. The van der Waals surface area contributed by atoms with Crippen LogP contribution in [0, 0.1) is 20.2 Å². The molecule has 19 heavy (non-hydrogen) atoms. The van der Waals surface area contributed by atoms with Crippen LogP contribution in [0.1, 0.15) is 32.3 Å². The second-order valence-corrected chi connectivity index (χ2v) is 4.91. The van der Waals surface area contributed by atoms with E-state index in [0.29, 0.717) is 12.0 Å². The van der Waals surface area contributed by atoms with E-state index in [2.05, 4.69) is 0 Å². The average Bonchev–Trinajstić information content (AvgIpc) is 2.27. The van der Waals surface area contributed by atoms with Crippen molar-refractivity contribution in [2.75, 3.05) is 0 Å². The SMILES string of the molecule is CCCC(C)(N)Cc1ccc([N+](=O)[O-])cc1[N+](=O)[O-]. The molecule has 0 spiro atoms. The van der Waals surface area contributed by atoms with Gasteiger partial charge in [-0.2, -0.15) is 0 Å². The van der Waals surface area contributed by atoms with Gasteiger partial charge in [0, 0.05) is 17.2 Å². The smallest absolute Gasteiger partial charge is 0.279 e. The molecule has 0 radical (unpaired) electrons. The van der Waals surface area contributed by atoms with Crippen LogP contribution < -0.4 is 5.73 Å². The molecular formula is C12H17N3O4. The molecule has 0 amide bonds. The number of nitro groups is 2. The molecule has 0 aliphatic heterocycles. The normalized spacial score (nSPS) is 13.8. The Bertz CT molecular complexity index is 500. The molecule has 0 fully saturated rings. The van der Waals surface area contributed by atoms with Crippen LogP contribution in [-0.2, 0) is 6.42 Å². The number of nitrogens with zero attached hydrogens (tertiary/aromatic N) is 2. The maximum atomic E-state index is 11.0. The lowest BCUT2D eigenvalue weighted by atomic mass is 9.89. The van der Waals surface area contributed by atoms with Crippen molar-refractivity contribution in [1.29, 1.82) is 0 Å². The molecule has 0 aliphatic rings. The minimum atomic E-state index is -0.648. The minimum Gasteiger partial charge on any atom is -0.325 e. The van der Waals surface area contributed by atoms with Gasteiger partial charge in [-0.3, -0.25) is 20.2 Å². The zero-order valence-electron chi connectivity index (χ0n) is 11.0. The van der Waals surface area contributed by atoms with E-state index in [1.165, 1.54) is 12.1 Å². The second kappa shape index (κ2) is 5.75. The number of nitrogens with two attached hydrogens (primary N) is 1. The first-order valence-corrected chi connectivity index (χ1v) is 5.97. The highest BCUT2D eigenvalue weighted by Crippen LogP contribution is 2.28. The van der Waals surface area contributed by atoms with Crippen molar-refractivity contribution in [3.8, 4) is 0 Å². The summed E-state index contributed by atoms with van der Waals surface area (Å²) < 4.78 is 0. The van der Waals surface area contributed by atoms with Crippen LogP contribution in [0.4, 0.5) is 11.4 Å². The summed E-state index contributed by atoms with van der Waals surface area (Å²) >= 11 is 0. The van der Waals surface area contributed by atoms with Crippen molar-refractivity contribution in [3.63, 3.8) is 0 Å². The molecule has 7 nitrogen and oxygen atoms in total. The average molecular weight is 267 g/mol. The molecule has 1 atom stereocenters. The fourth-order valence-corrected chi connectivity index (χ4v) is 2.08. The third-order valence-corrected chi connectivity index (χ3v) is 2.89. The number of rotatable bonds is 6. The molecule has 0 bridgehead atoms. The van der Waals surface area contributed by atoms with Crippen LogP contribution in [0.25, 0.3) is 0 Å². The van der Waals surface area contributed by atoms with Crippen LogP contribution in [-0.4, -0.2) is 15.4 Å². The van der Waals surface area contributed by atoms with Gasteiger partial charge >= 0.3 is 0 Å². The van der Waals surface area contributed by atoms with E-state index < -0.39 is 15.4 Å². The first-order valence-electron chi connectivity index (χ1n) is 5.97. The van der Waals surface area contributed by atoms with Crippen molar-refractivity contribution in [2.24, 2.45) is 5.73 Å². The predicted molar refractivity (Wildman–Crippen MR) is 71.0 cm³/mol. The molecule has 0 heterocycles. The van der Waals surface area contributed by atoms with Gasteiger partial charge in [0.25, 0.3) is 11.4 Å². The summed E-state index contributed by atoms with van der Waals surface area (Å²) in [4.78, 5) is 20.4. The largest absolute Gasteiger partial charge is 0.325 e. The molecule has 1 unspecified atom stereocenters. The van der Waals surface area contributed by atoms with E-state index in [4.69, 9.17) is 5.73 Å². The molecular weight excluding hydrogens is 250 g/mol. The third-order valence-electron chi connectivity index (χ3n) is 2.89. The van der Waals surface area contributed by atoms with Crippen LogP contribution in [0.3, 0.4) is 0 Å². The first kappa shape index (κ1) is 15.0. The predicted octanol–water partition coefficient (Wildman–Crippen LogP) is 2.56. The van der Waals surface area contributed by atoms with Gasteiger partial charge in [0.05, 0.1) is 15.9 Å². The molecule has 1 rings (SSSR count). The Hall–Kier alpha value is -2.02. The van der Waals surface area contributed by atoms with Gasteiger partial charge < -0.3 is 5.73 Å². The molecule has 7 heteroatoms. The summed E-state index contributed by atoms with van der Waals surface area (Å²) in [5, 5.41) is 21.6. The van der Waals surface area contributed by atoms with Gasteiger partial charge in [-0.1, -0.05) is 13.3 Å². The molecule has 1 aromatic rings. The van der Waals surface area contributed by atoms with Crippen LogP contribution in [0.5, 0.6) is 0 Å². The fraction of sp³-hybridized carbons (Fsp3) is 0.500. The summed E-state index contributed by atoms with van der Waals surface area (Å²) in [5.74, 6) is 0. The first-order chi connectivity index (χ1) is 8.76. The summed E-state index contributed by atoms with van der Waals surface area (Å²) in [5.41, 5.74) is 5.40. The molecule has 104 valence electrons. The zero-order chi connectivity index (χ0) is 14.6. The van der Waals surface area contributed by atoms with E-state index in [1.54, 1.807) is 0 Å². The Morgan fingerprint density at radius 1 is 1.26 bits per heavy atom. The molecule has 2 N–H and O–H groups in total. The van der Waals surface area contributed by atoms with Gasteiger partial charge in [0.1, 0.15) is 0 Å². The standard InChI is InChI=1S/C12H17N3O4/c1-3-6-12(2,13)8-9-4-5-10(14(16)17)7-11(9)15(18)19/h4-5,7H,3,6,8,13H2,1-2H3. The van der Waals surface area contributed by atoms with E-state index >= 15 is 0 Å². The van der Waals surface area contributed by atoms with Crippen molar-refractivity contribution in [3.05, 3.63) is 44.0 Å². The van der Waals surface area contributed by atoms with E-state index in [0.717, 1.165) is 18.9 Å². The van der Waals surface area contributed by atoms with Crippen LogP contribution in [0.15, 0.2) is 18.2 Å². The number of hydrogen-bond acceptors (Lipinski definition) is 5. The lowest BCUT2D eigenvalue weighted by Gasteiger charge is -2.23. The van der Waals surface area contributed by atoms with Gasteiger partial charge in [0.15, 0.2) is 0 Å². The highest BCUT2D eigenvalue weighted by Gasteiger charge is 2.25.